The molecule has 8 heteroatoms. The minimum Gasteiger partial charge on any atom is -0.383 e. The minimum atomic E-state index is -3.63. The first kappa shape index (κ1) is 15.7. The largest absolute Gasteiger partial charge is 0.383 e. The van der Waals surface area contributed by atoms with Gasteiger partial charge < -0.3 is 10.5 Å². The normalized spacial score (nSPS) is 20.2. The van der Waals surface area contributed by atoms with Gasteiger partial charge in [0.15, 0.2) is 0 Å². The molecule has 0 radical (unpaired) electrons. The number of anilines is 1. The van der Waals surface area contributed by atoms with Gasteiger partial charge in [-0.2, -0.15) is 0 Å². The molecular weight excluding hydrogens is 346 g/mol. The van der Waals surface area contributed by atoms with Gasteiger partial charge in [-0.15, -0.1) is 0 Å². The number of nitrogens with two attached hydrogens (primary N) is 1. The summed E-state index contributed by atoms with van der Waals surface area (Å²) < 4.78 is 32.3. The molecular formula is C12H18BrN3O3S. The van der Waals surface area contributed by atoms with Gasteiger partial charge in [-0.3, -0.25) is 0 Å². The van der Waals surface area contributed by atoms with Crippen molar-refractivity contribution in [2.24, 2.45) is 5.92 Å². The number of nitrogens with zero attached hydrogens (tertiary/aromatic N) is 2. The molecule has 6 nitrogen and oxygen atoms in total. The number of rotatable bonds is 4. The highest BCUT2D eigenvalue weighted by atomic mass is 79.9. The molecule has 0 saturated carbocycles. The third kappa shape index (κ3) is 3.49. The fraction of sp³-hybridized carbons (Fsp3) is 0.583. The van der Waals surface area contributed by atoms with Gasteiger partial charge in [0.1, 0.15) is 10.7 Å². The van der Waals surface area contributed by atoms with Crippen molar-refractivity contribution >= 4 is 31.8 Å². The number of aromatic nitrogens is 1. The van der Waals surface area contributed by atoms with Crippen molar-refractivity contribution in [3.63, 3.8) is 0 Å². The van der Waals surface area contributed by atoms with Gasteiger partial charge in [0.05, 0.1) is 6.61 Å². The summed E-state index contributed by atoms with van der Waals surface area (Å²) >= 11 is 3.22. The first-order valence-electron chi connectivity index (χ1n) is 6.36. The Morgan fingerprint density at radius 1 is 1.60 bits per heavy atom. The molecule has 0 aliphatic carbocycles. The van der Waals surface area contributed by atoms with E-state index in [1.165, 1.54) is 16.6 Å². The van der Waals surface area contributed by atoms with Crippen molar-refractivity contribution in [1.29, 1.82) is 0 Å². The molecule has 1 unspecified atom stereocenters. The molecule has 1 fully saturated rings. The smallest absolute Gasteiger partial charge is 0.246 e. The fourth-order valence-corrected chi connectivity index (χ4v) is 4.04. The Labute approximate surface area is 127 Å². The summed E-state index contributed by atoms with van der Waals surface area (Å²) in [5, 5.41) is 0. The van der Waals surface area contributed by atoms with E-state index in [1.807, 2.05) is 0 Å². The highest BCUT2D eigenvalue weighted by Crippen LogP contribution is 2.25. The number of sulfonamides is 1. The van der Waals surface area contributed by atoms with Crippen LogP contribution in [0.2, 0.25) is 0 Å². The average molecular weight is 364 g/mol. The van der Waals surface area contributed by atoms with Crippen molar-refractivity contribution < 1.29 is 13.2 Å². The number of halogens is 1. The van der Waals surface area contributed by atoms with Crippen LogP contribution < -0.4 is 5.73 Å². The summed E-state index contributed by atoms with van der Waals surface area (Å²) in [5.41, 5.74) is 5.68. The Kier molecular flexibility index (Phi) is 5.00. The van der Waals surface area contributed by atoms with E-state index in [0.717, 1.165) is 19.4 Å². The molecule has 20 heavy (non-hydrogen) atoms. The SMILES string of the molecule is CN(CC1CCCOC1)S(=O)(=O)c1cc(Br)cnc1N. The molecule has 2 rings (SSSR count). The maximum absolute atomic E-state index is 12.5. The Balaban J connectivity index is 2.18. The topological polar surface area (TPSA) is 85.5 Å². The van der Waals surface area contributed by atoms with Crippen LogP contribution in [0.5, 0.6) is 0 Å². The van der Waals surface area contributed by atoms with Crippen LogP contribution in [-0.2, 0) is 14.8 Å². The lowest BCUT2D eigenvalue weighted by Gasteiger charge is -2.26. The van der Waals surface area contributed by atoms with Crippen LogP contribution in [0.15, 0.2) is 21.6 Å². The number of pyridine rings is 1. The molecule has 1 aliphatic heterocycles. The predicted octanol–water partition coefficient (Wildman–Crippen LogP) is 1.47. The molecule has 2 heterocycles. The van der Waals surface area contributed by atoms with Crippen molar-refractivity contribution in [2.45, 2.75) is 17.7 Å². The van der Waals surface area contributed by atoms with Crippen molar-refractivity contribution in [2.75, 3.05) is 32.5 Å². The van der Waals surface area contributed by atoms with Gasteiger partial charge in [0.25, 0.3) is 0 Å². The molecule has 0 aromatic carbocycles. The average Bonchev–Trinajstić information content (AvgIpc) is 2.42. The summed E-state index contributed by atoms with van der Waals surface area (Å²) in [6.07, 6.45) is 3.43. The summed E-state index contributed by atoms with van der Waals surface area (Å²) in [6, 6.07) is 1.48. The monoisotopic (exact) mass is 363 g/mol. The Morgan fingerprint density at radius 2 is 2.35 bits per heavy atom. The van der Waals surface area contributed by atoms with Crippen LogP contribution in [0.25, 0.3) is 0 Å². The van der Waals surface area contributed by atoms with Gasteiger partial charge in [-0.25, -0.2) is 17.7 Å². The third-order valence-corrected chi connectivity index (χ3v) is 5.59. The lowest BCUT2D eigenvalue weighted by molar-refractivity contribution is 0.0495. The first-order chi connectivity index (χ1) is 9.41. The van der Waals surface area contributed by atoms with Gasteiger partial charge >= 0.3 is 0 Å². The molecule has 112 valence electrons. The summed E-state index contributed by atoms with van der Waals surface area (Å²) in [4.78, 5) is 3.91. The number of nitrogen functional groups attached to an aromatic ring is 1. The molecule has 1 atom stereocenters. The standard InChI is InChI=1S/C12H18BrN3O3S/c1-16(7-9-3-2-4-19-8-9)20(17,18)11-5-10(13)6-15-12(11)14/h5-6,9H,2-4,7-8H2,1H3,(H2,14,15). The summed E-state index contributed by atoms with van der Waals surface area (Å²) in [6.45, 7) is 1.79. The lowest BCUT2D eigenvalue weighted by Crippen LogP contribution is -2.35. The van der Waals surface area contributed by atoms with Crippen LogP contribution in [-0.4, -0.2) is 44.5 Å². The molecule has 1 aromatic rings. The molecule has 0 bridgehead atoms. The minimum absolute atomic E-state index is 0.0138. The predicted molar refractivity (Wildman–Crippen MR) is 79.7 cm³/mol. The van der Waals surface area contributed by atoms with Crippen LogP contribution in [0.4, 0.5) is 5.82 Å². The zero-order chi connectivity index (χ0) is 14.8. The Hall–Kier alpha value is -0.700. The zero-order valence-corrected chi connectivity index (χ0v) is 13.7. The van der Waals surface area contributed by atoms with Crippen molar-refractivity contribution in [1.82, 2.24) is 9.29 Å². The quantitative estimate of drug-likeness (QED) is 0.875. The van der Waals surface area contributed by atoms with E-state index >= 15 is 0 Å². The summed E-state index contributed by atoms with van der Waals surface area (Å²) in [5.74, 6) is 0.241. The number of hydrogen-bond acceptors (Lipinski definition) is 5. The van der Waals surface area contributed by atoms with Crippen molar-refractivity contribution in [3.05, 3.63) is 16.7 Å². The second kappa shape index (κ2) is 6.38. The zero-order valence-electron chi connectivity index (χ0n) is 11.3. The molecule has 0 amide bonds. The highest BCUT2D eigenvalue weighted by Gasteiger charge is 2.27. The fourth-order valence-electron chi connectivity index (χ4n) is 2.22. The van der Waals surface area contributed by atoms with Crippen molar-refractivity contribution in [3.8, 4) is 0 Å². The molecule has 1 aliphatic rings. The van der Waals surface area contributed by atoms with E-state index < -0.39 is 10.0 Å². The van der Waals surface area contributed by atoms with Crippen LogP contribution in [0.3, 0.4) is 0 Å². The van der Waals surface area contributed by atoms with E-state index in [4.69, 9.17) is 10.5 Å². The second-order valence-electron chi connectivity index (χ2n) is 4.91. The third-order valence-electron chi connectivity index (χ3n) is 3.31. The maximum Gasteiger partial charge on any atom is 0.246 e. The number of hydrogen-bond donors (Lipinski definition) is 1. The van der Waals surface area contributed by atoms with Crippen LogP contribution >= 0.6 is 15.9 Å². The first-order valence-corrected chi connectivity index (χ1v) is 8.59. The molecule has 0 spiro atoms. The van der Waals surface area contributed by atoms with Gasteiger partial charge in [0, 0.05) is 30.9 Å². The van der Waals surface area contributed by atoms with E-state index in [9.17, 15) is 8.42 Å². The van der Waals surface area contributed by atoms with Gasteiger partial charge in [-0.05, 0) is 40.8 Å². The van der Waals surface area contributed by atoms with E-state index in [0.29, 0.717) is 17.6 Å². The molecule has 1 aromatic heterocycles. The Bertz CT molecular complexity index is 573. The van der Waals surface area contributed by atoms with Crippen LogP contribution in [0, 0.1) is 5.92 Å². The van der Waals surface area contributed by atoms with E-state index in [2.05, 4.69) is 20.9 Å². The van der Waals surface area contributed by atoms with E-state index in [-0.39, 0.29) is 16.6 Å². The maximum atomic E-state index is 12.5. The van der Waals surface area contributed by atoms with Gasteiger partial charge in [-0.1, -0.05) is 0 Å². The van der Waals surface area contributed by atoms with E-state index in [1.54, 1.807) is 7.05 Å². The lowest BCUT2D eigenvalue weighted by atomic mass is 10.0. The Morgan fingerprint density at radius 3 is 3.00 bits per heavy atom. The van der Waals surface area contributed by atoms with Gasteiger partial charge in [0.2, 0.25) is 10.0 Å². The second-order valence-corrected chi connectivity index (χ2v) is 7.83. The molecule has 1 saturated heterocycles. The molecule has 2 N–H and O–H groups in total. The van der Waals surface area contributed by atoms with Crippen LogP contribution in [0.1, 0.15) is 12.8 Å². The summed E-state index contributed by atoms with van der Waals surface area (Å²) in [7, 11) is -2.07. The highest BCUT2D eigenvalue weighted by molar-refractivity contribution is 9.10. The number of ether oxygens (including phenoxy) is 1.